The molecule has 0 amide bonds. The van der Waals surface area contributed by atoms with Crippen molar-refractivity contribution in [2.45, 2.75) is 0 Å². The number of nitrogens with zero attached hydrogens (tertiary/aromatic N) is 1. The molecule has 1 aliphatic rings. The summed E-state index contributed by atoms with van der Waals surface area (Å²) in [5.41, 5.74) is 2.37. The molecule has 0 heterocycles. The fourth-order valence-corrected chi connectivity index (χ4v) is 1.47. The molecule has 1 aromatic carbocycles. The topological polar surface area (TPSA) is 58.5 Å². The summed E-state index contributed by atoms with van der Waals surface area (Å²) in [4.78, 5) is 21.6. The van der Waals surface area contributed by atoms with Crippen LogP contribution >= 0.6 is 0 Å². The molecular formula is C13H10N2O2. The maximum atomic E-state index is 11.2. The number of carbonyl (C=O) groups is 1. The van der Waals surface area contributed by atoms with Crippen LogP contribution in [0.5, 0.6) is 0 Å². The monoisotopic (exact) mass is 226 g/mol. The Morgan fingerprint density at radius 1 is 1.24 bits per heavy atom. The summed E-state index contributed by atoms with van der Waals surface area (Å²) in [6.45, 7) is 3.81. The normalized spacial score (nSPS) is 14.5. The number of hydrogen-bond acceptors (Lipinski definition) is 4. The molecule has 17 heavy (non-hydrogen) atoms. The van der Waals surface area contributed by atoms with Crippen LogP contribution in [0.2, 0.25) is 0 Å². The van der Waals surface area contributed by atoms with Crippen molar-refractivity contribution in [1.82, 2.24) is 0 Å². The Morgan fingerprint density at radius 2 is 2.06 bits per heavy atom. The molecule has 0 saturated carbocycles. The highest BCUT2D eigenvalue weighted by Crippen LogP contribution is 2.22. The molecule has 0 unspecified atom stereocenters. The first-order valence-electron chi connectivity index (χ1n) is 5.02. The van der Waals surface area contributed by atoms with Crippen LogP contribution in [-0.4, -0.2) is 5.78 Å². The Bertz CT molecular complexity index is 556. The van der Waals surface area contributed by atoms with Gasteiger partial charge in [0.25, 0.3) is 0 Å². The Morgan fingerprint density at radius 3 is 2.82 bits per heavy atom. The van der Waals surface area contributed by atoms with Crippen LogP contribution in [0.15, 0.2) is 65.5 Å². The van der Waals surface area contributed by atoms with E-state index in [-0.39, 0.29) is 5.78 Å². The van der Waals surface area contributed by atoms with Crippen LogP contribution in [0.4, 0.5) is 11.4 Å². The Labute approximate surface area is 98.3 Å². The van der Waals surface area contributed by atoms with E-state index >= 15 is 0 Å². The van der Waals surface area contributed by atoms with Crippen LogP contribution < -0.4 is 5.32 Å². The molecule has 0 aliphatic heterocycles. The van der Waals surface area contributed by atoms with E-state index in [1.54, 1.807) is 30.3 Å². The van der Waals surface area contributed by atoms with E-state index in [1.165, 1.54) is 12.2 Å². The van der Waals surface area contributed by atoms with Crippen molar-refractivity contribution in [2.24, 2.45) is 5.18 Å². The van der Waals surface area contributed by atoms with E-state index in [4.69, 9.17) is 0 Å². The second-order valence-electron chi connectivity index (χ2n) is 3.59. The quantitative estimate of drug-likeness (QED) is 0.806. The lowest BCUT2D eigenvalue weighted by Crippen LogP contribution is -2.07. The standard InChI is InChI=1S/C13H10N2O2/c1-9-5-6-12(16)8-13(9)14-10-3-2-4-11(7-10)15-17/h2-8,14H,1H2. The number of benzene rings is 1. The Hall–Kier alpha value is -2.49. The van der Waals surface area contributed by atoms with Crippen molar-refractivity contribution < 1.29 is 4.79 Å². The minimum atomic E-state index is -0.0930. The fourth-order valence-electron chi connectivity index (χ4n) is 1.47. The van der Waals surface area contributed by atoms with Gasteiger partial charge >= 0.3 is 0 Å². The van der Waals surface area contributed by atoms with E-state index < -0.39 is 0 Å². The van der Waals surface area contributed by atoms with Gasteiger partial charge in [0.15, 0.2) is 5.78 Å². The molecule has 2 rings (SSSR count). The number of nitroso groups, excluding NO2 is 1. The van der Waals surface area contributed by atoms with Gasteiger partial charge in [0, 0.05) is 17.5 Å². The minimum absolute atomic E-state index is 0.0930. The molecule has 0 atom stereocenters. The van der Waals surface area contributed by atoms with Crippen molar-refractivity contribution in [3.63, 3.8) is 0 Å². The molecule has 0 radical (unpaired) electrons. The van der Waals surface area contributed by atoms with Gasteiger partial charge in [-0.3, -0.25) is 4.79 Å². The van der Waals surface area contributed by atoms with Crippen molar-refractivity contribution in [3.8, 4) is 0 Å². The van der Waals surface area contributed by atoms with Gasteiger partial charge in [-0.2, -0.15) is 0 Å². The maximum Gasteiger partial charge on any atom is 0.180 e. The zero-order valence-corrected chi connectivity index (χ0v) is 9.01. The van der Waals surface area contributed by atoms with Crippen LogP contribution in [-0.2, 0) is 4.79 Å². The second kappa shape index (κ2) is 4.57. The fraction of sp³-hybridized carbons (Fsp3) is 0. The van der Waals surface area contributed by atoms with E-state index in [0.29, 0.717) is 22.6 Å². The first-order valence-corrected chi connectivity index (χ1v) is 5.02. The maximum absolute atomic E-state index is 11.2. The first kappa shape index (κ1) is 11.0. The van der Waals surface area contributed by atoms with Gasteiger partial charge in [-0.05, 0) is 41.1 Å². The molecule has 1 aromatic rings. The highest BCUT2D eigenvalue weighted by atomic mass is 16.3. The highest BCUT2D eigenvalue weighted by molar-refractivity contribution is 6.02. The zero-order valence-electron chi connectivity index (χ0n) is 9.01. The summed E-state index contributed by atoms with van der Waals surface area (Å²) in [5, 5.41) is 5.87. The lowest BCUT2D eigenvalue weighted by atomic mass is 10.1. The third-order valence-corrected chi connectivity index (χ3v) is 2.31. The summed E-state index contributed by atoms with van der Waals surface area (Å²) in [7, 11) is 0. The average Bonchev–Trinajstić information content (AvgIpc) is 2.34. The van der Waals surface area contributed by atoms with Crippen LogP contribution in [0.3, 0.4) is 0 Å². The Kier molecular flexibility index (Phi) is 2.96. The molecule has 0 bridgehead atoms. The number of nitrogens with one attached hydrogen (secondary N) is 1. The van der Waals surface area contributed by atoms with Gasteiger partial charge in [0.05, 0.1) is 0 Å². The van der Waals surface area contributed by atoms with E-state index in [1.807, 2.05) is 0 Å². The van der Waals surface area contributed by atoms with Crippen molar-refractivity contribution in [1.29, 1.82) is 0 Å². The molecule has 0 saturated heterocycles. The van der Waals surface area contributed by atoms with Crippen LogP contribution in [0.25, 0.3) is 0 Å². The van der Waals surface area contributed by atoms with E-state index in [0.717, 1.165) is 0 Å². The molecule has 4 heteroatoms. The van der Waals surface area contributed by atoms with Crippen LogP contribution in [0, 0.1) is 4.91 Å². The number of rotatable bonds is 3. The summed E-state index contributed by atoms with van der Waals surface area (Å²) in [6.07, 6.45) is 4.56. The third kappa shape index (κ3) is 2.55. The van der Waals surface area contributed by atoms with Crippen molar-refractivity contribution in [2.75, 3.05) is 5.32 Å². The van der Waals surface area contributed by atoms with Gasteiger partial charge in [-0.25, -0.2) is 0 Å². The van der Waals surface area contributed by atoms with Crippen molar-refractivity contribution in [3.05, 3.63) is 65.2 Å². The molecule has 0 aromatic heterocycles. The lowest BCUT2D eigenvalue weighted by molar-refractivity contribution is -0.110. The zero-order chi connectivity index (χ0) is 12.3. The predicted molar refractivity (Wildman–Crippen MR) is 66.9 cm³/mol. The van der Waals surface area contributed by atoms with Gasteiger partial charge in [0.2, 0.25) is 0 Å². The number of anilines is 1. The van der Waals surface area contributed by atoms with Gasteiger partial charge in [0.1, 0.15) is 5.69 Å². The predicted octanol–water partition coefficient (Wildman–Crippen LogP) is 3.08. The second-order valence-corrected chi connectivity index (χ2v) is 3.59. The first-order chi connectivity index (χ1) is 8.19. The molecule has 4 nitrogen and oxygen atoms in total. The van der Waals surface area contributed by atoms with Crippen LogP contribution in [0.1, 0.15) is 0 Å². The van der Waals surface area contributed by atoms with Gasteiger partial charge < -0.3 is 5.32 Å². The molecular weight excluding hydrogens is 216 g/mol. The molecule has 1 N–H and O–H groups in total. The summed E-state index contributed by atoms with van der Waals surface area (Å²) >= 11 is 0. The summed E-state index contributed by atoms with van der Waals surface area (Å²) < 4.78 is 0. The van der Waals surface area contributed by atoms with E-state index in [2.05, 4.69) is 17.1 Å². The van der Waals surface area contributed by atoms with Gasteiger partial charge in [-0.15, -0.1) is 4.91 Å². The van der Waals surface area contributed by atoms with E-state index in [9.17, 15) is 9.70 Å². The number of hydrogen-bond donors (Lipinski definition) is 1. The largest absolute Gasteiger partial charge is 0.355 e. The number of allylic oxidation sites excluding steroid dienone is 3. The molecule has 0 spiro atoms. The molecule has 84 valence electrons. The summed E-state index contributed by atoms with van der Waals surface area (Å²) in [6, 6.07) is 6.70. The van der Waals surface area contributed by atoms with Gasteiger partial charge in [-0.1, -0.05) is 12.6 Å². The number of ketones is 1. The SMILES string of the molecule is C=C1C=CC(=O)C=C1Nc1cccc(N=O)c1. The highest BCUT2D eigenvalue weighted by Gasteiger charge is 2.08. The third-order valence-electron chi connectivity index (χ3n) is 2.31. The smallest absolute Gasteiger partial charge is 0.180 e. The lowest BCUT2D eigenvalue weighted by Gasteiger charge is -2.13. The van der Waals surface area contributed by atoms with Crippen molar-refractivity contribution >= 4 is 17.2 Å². The summed E-state index contributed by atoms with van der Waals surface area (Å²) in [5.74, 6) is -0.0930. The average molecular weight is 226 g/mol. The minimum Gasteiger partial charge on any atom is -0.355 e. The molecule has 1 aliphatic carbocycles. The number of carbonyl (C=O) groups excluding carboxylic acids is 1. The Balaban J connectivity index is 2.23. The molecule has 0 fully saturated rings.